The highest BCUT2D eigenvalue weighted by molar-refractivity contribution is 6.09. The first-order valence-electron chi connectivity index (χ1n) is 12.7. The molecule has 2 atom stereocenters. The number of amides is 2. The summed E-state index contributed by atoms with van der Waals surface area (Å²) in [5, 5.41) is 0. The number of piperidine rings is 1. The summed E-state index contributed by atoms with van der Waals surface area (Å²) >= 11 is 0. The molecule has 36 heavy (non-hydrogen) atoms. The Kier molecular flexibility index (Phi) is 6.00. The fraction of sp³-hybridized carbons (Fsp3) is 0.483. The van der Waals surface area contributed by atoms with Crippen LogP contribution >= 0.6 is 0 Å². The van der Waals surface area contributed by atoms with E-state index >= 15 is 0 Å². The van der Waals surface area contributed by atoms with Crippen molar-refractivity contribution in [1.82, 2.24) is 4.90 Å². The number of Topliss-reactive ketones (excluding diaryl/α,β-unsaturated/α-hetero) is 1. The molecule has 5 nitrogen and oxygen atoms in total. The van der Waals surface area contributed by atoms with E-state index in [9.17, 15) is 23.2 Å². The first kappa shape index (κ1) is 24.6. The number of likely N-dealkylation sites (tertiary alicyclic amines) is 1. The predicted molar refractivity (Wildman–Crippen MR) is 133 cm³/mol. The molecule has 2 fully saturated rings. The van der Waals surface area contributed by atoms with E-state index in [-0.39, 0.29) is 42.0 Å². The summed E-state index contributed by atoms with van der Waals surface area (Å²) in [7, 11) is 0. The van der Waals surface area contributed by atoms with E-state index in [1.54, 1.807) is 4.90 Å². The van der Waals surface area contributed by atoms with Crippen molar-refractivity contribution in [2.75, 3.05) is 18.0 Å². The molecule has 2 amide bonds. The van der Waals surface area contributed by atoms with Gasteiger partial charge in [0.15, 0.2) is 0 Å². The summed E-state index contributed by atoms with van der Waals surface area (Å²) in [6.45, 7) is 8.92. The maximum Gasteiger partial charge on any atom is 0.238 e. The minimum atomic E-state index is -0.724. The van der Waals surface area contributed by atoms with E-state index in [1.165, 1.54) is 12.1 Å². The number of aryl methyl sites for hydroxylation is 2. The van der Waals surface area contributed by atoms with Crippen molar-refractivity contribution in [2.45, 2.75) is 70.8 Å². The molecule has 2 heterocycles. The van der Waals surface area contributed by atoms with Crippen molar-refractivity contribution in [3.63, 3.8) is 0 Å². The van der Waals surface area contributed by atoms with E-state index < -0.39 is 28.9 Å². The Morgan fingerprint density at radius 2 is 1.67 bits per heavy atom. The number of fused-ring (bicyclic) bond motifs is 2. The molecule has 7 heteroatoms. The van der Waals surface area contributed by atoms with E-state index in [1.807, 2.05) is 25.7 Å². The van der Waals surface area contributed by atoms with Gasteiger partial charge in [0.2, 0.25) is 11.8 Å². The number of hydrogen-bond acceptors (Lipinski definition) is 3. The fourth-order valence-electron chi connectivity index (χ4n) is 6.42. The number of halogens is 2. The number of hydrogen-bond donors (Lipinski definition) is 0. The van der Waals surface area contributed by atoms with Gasteiger partial charge in [0.1, 0.15) is 17.4 Å². The molecule has 5 rings (SSSR count). The number of carbonyl (C=O) groups excluding carboxylic acids is 3. The van der Waals surface area contributed by atoms with Gasteiger partial charge in [-0.2, -0.15) is 0 Å². The van der Waals surface area contributed by atoms with Gasteiger partial charge in [0.25, 0.3) is 0 Å². The minimum Gasteiger partial charge on any atom is -0.342 e. The van der Waals surface area contributed by atoms with Gasteiger partial charge in [0, 0.05) is 49.6 Å². The van der Waals surface area contributed by atoms with E-state index in [0.717, 1.165) is 28.4 Å². The largest absolute Gasteiger partial charge is 0.342 e. The number of anilines is 1. The molecular weight excluding hydrogens is 462 g/mol. The van der Waals surface area contributed by atoms with Crippen molar-refractivity contribution in [3.8, 4) is 0 Å². The van der Waals surface area contributed by atoms with Gasteiger partial charge in [0.05, 0.1) is 11.3 Å². The van der Waals surface area contributed by atoms with Gasteiger partial charge < -0.3 is 9.80 Å². The van der Waals surface area contributed by atoms with Gasteiger partial charge >= 0.3 is 0 Å². The quantitative estimate of drug-likeness (QED) is 0.606. The van der Waals surface area contributed by atoms with Gasteiger partial charge in [-0.05, 0) is 74.9 Å². The van der Waals surface area contributed by atoms with Crippen LogP contribution in [0.25, 0.3) is 0 Å². The Bertz CT molecular complexity index is 1260. The second kappa shape index (κ2) is 8.79. The number of ketones is 1. The predicted octanol–water partition coefficient (Wildman–Crippen LogP) is 4.96. The molecule has 1 aliphatic carbocycles. The second-order valence-corrected chi connectivity index (χ2v) is 11.0. The lowest BCUT2D eigenvalue weighted by atomic mass is 9.72. The summed E-state index contributed by atoms with van der Waals surface area (Å²) in [5.74, 6) is -2.87. The lowest BCUT2D eigenvalue weighted by molar-refractivity contribution is -0.140. The maximum atomic E-state index is 14.5. The van der Waals surface area contributed by atoms with E-state index in [2.05, 4.69) is 19.1 Å². The minimum absolute atomic E-state index is 0.0215. The van der Waals surface area contributed by atoms with Crippen LogP contribution in [-0.2, 0) is 19.8 Å². The number of nitrogens with zero attached hydrogens (tertiary/aromatic N) is 2. The lowest BCUT2D eigenvalue weighted by Gasteiger charge is -2.40. The normalized spacial score (nSPS) is 23.2. The van der Waals surface area contributed by atoms with Crippen molar-refractivity contribution in [3.05, 3.63) is 64.2 Å². The van der Waals surface area contributed by atoms with Crippen molar-refractivity contribution >= 4 is 23.3 Å². The lowest BCUT2D eigenvalue weighted by Crippen LogP contribution is -2.52. The van der Waals surface area contributed by atoms with Crippen molar-refractivity contribution in [1.29, 1.82) is 0 Å². The third-order valence-electron chi connectivity index (χ3n) is 8.52. The molecule has 0 unspecified atom stereocenters. The SMILES string of the molecule is Cc1cc2c(cc1C)C1(CCN(C(=O)[C@@H]3CC(=O)C[C@H]3c3ccc(F)cc3F)CC1)C(=O)N2C(C)C. The molecule has 2 aromatic carbocycles. The molecule has 1 saturated carbocycles. The summed E-state index contributed by atoms with van der Waals surface area (Å²) < 4.78 is 28.0. The zero-order valence-corrected chi connectivity index (χ0v) is 21.2. The van der Waals surface area contributed by atoms with Crippen LogP contribution in [0.1, 0.15) is 67.7 Å². The Morgan fingerprint density at radius 1 is 1.00 bits per heavy atom. The van der Waals surface area contributed by atoms with Crippen molar-refractivity contribution < 1.29 is 23.2 Å². The number of carbonyl (C=O) groups is 3. The molecule has 3 aliphatic rings. The molecule has 2 aromatic rings. The van der Waals surface area contributed by atoms with Crippen LogP contribution < -0.4 is 4.90 Å². The van der Waals surface area contributed by atoms with Crippen molar-refractivity contribution in [2.24, 2.45) is 5.92 Å². The second-order valence-electron chi connectivity index (χ2n) is 11.0. The highest BCUT2D eigenvalue weighted by Gasteiger charge is 2.54. The fourth-order valence-corrected chi connectivity index (χ4v) is 6.42. The summed E-state index contributed by atoms with van der Waals surface area (Å²) in [6, 6.07) is 7.57. The van der Waals surface area contributed by atoms with Gasteiger partial charge in [-0.1, -0.05) is 12.1 Å². The Morgan fingerprint density at radius 3 is 2.31 bits per heavy atom. The molecule has 0 aromatic heterocycles. The molecule has 1 saturated heterocycles. The highest BCUT2D eigenvalue weighted by atomic mass is 19.1. The molecule has 0 N–H and O–H groups in total. The van der Waals surface area contributed by atoms with Crippen LogP contribution in [0.2, 0.25) is 0 Å². The van der Waals surface area contributed by atoms with Gasteiger partial charge in [-0.15, -0.1) is 0 Å². The highest BCUT2D eigenvalue weighted by Crippen LogP contribution is 2.50. The van der Waals surface area contributed by atoms with Crippen LogP contribution in [0, 0.1) is 31.4 Å². The molecular formula is C29H32F2N2O3. The average molecular weight is 495 g/mol. The average Bonchev–Trinajstić information content (AvgIpc) is 3.30. The number of benzene rings is 2. The van der Waals surface area contributed by atoms with Crippen LogP contribution in [0.3, 0.4) is 0 Å². The van der Waals surface area contributed by atoms with E-state index in [4.69, 9.17) is 0 Å². The smallest absolute Gasteiger partial charge is 0.238 e. The number of rotatable bonds is 3. The Hall–Kier alpha value is -3.09. The van der Waals surface area contributed by atoms with Gasteiger partial charge in [-0.25, -0.2) is 8.78 Å². The molecule has 0 bridgehead atoms. The maximum absolute atomic E-state index is 14.5. The molecule has 2 aliphatic heterocycles. The van der Waals surface area contributed by atoms with Crippen LogP contribution in [0.4, 0.5) is 14.5 Å². The molecule has 1 spiro atoms. The van der Waals surface area contributed by atoms with Crippen LogP contribution in [-0.4, -0.2) is 41.6 Å². The topological polar surface area (TPSA) is 57.7 Å². The Labute approximate surface area is 210 Å². The third-order valence-corrected chi connectivity index (χ3v) is 8.52. The first-order valence-corrected chi connectivity index (χ1v) is 12.7. The Balaban J connectivity index is 1.40. The molecule has 190 valence electrons. The van der Waals surface area contributed by atoms with Gasteiger partial charge in [-0.3, -0.25) is 14.4 Å². The van der Waals surface area contributed by atoms with Crippen LogP contribution in [0.5, 0.6) is 0 Å². The monoisotopic (exact) mass is 494 g/mol. The summed E-state index contributed by atoms with van der Waals surface area (Å²) in [5.41, 5.74) is 3.83. The van der Waals surface area contributed by atoms with Crippen LogP contribution in [0.15, 0.2) is 30.3 Å². The zero-order chi connectivity index (χ0) is 25.9. The standard InChI is InChI=1S/C29H32F2N2O3/c1-16(2)33-26-12-18(4)17(3)11-24(26)29(28(33)36)7-9-32(10-8-29)27(35)23-15-20(34)14-22(23)21-6-5-19(30)13-25(21)31/h5-6,11-13,16,22-23H,7-10,14-15H2,1-4H3/t22-,23+/m0/s1. The van der Waals surface area contributed by atoms with E-state index in [0.29, 0.717) is 25.9 Å². The molecule has 0 radical (unpaired) electrons. The summed E-state index contributed by atoms with van der Waals surface area (Å²) in [6.07, 6.45) is 1.15. The first-order chi connectivity index (χ1) is 17.0. The zero-order valence-electron chi connectivity index (χ0n) is 21.2. The summed E-state index contributed by atoms with van der Waals surface area (Å²) in [4.78, 5) is 43.3. The third kappa shape index (κ3) is 3.75.